The summed E-state index contributed by atoms with van der Waals surface area (Å²) in [6.07, 6.45) is -1.12. The molecule has 3 aromatic rings. The fraction of sp³-hybridized carbons (Fsp3) is 0.391. The Morgan fingerprint density at radius 3 is 2.54 bits per heavy atom. The van der Waals surface area contributed by atoms with Crippen LogP contribution in [0, 0.1) is 0 Å². The average Bonchev–Trinajstić information content (AvgIpc) is 3.56. The summed E-state index contributed by atoms with van der Waals surface area (Å²) in [6.45, 7) is 6.31. The van der Waals surface area contributed by atoms with Crippen molar-refractivity contribution in [2.45, 2.75) is 48.7 Å². The molecular formula is C23H24F3N3O4S2. The number of hydrogen-bond acceptors (Lipinski definition) is 6. The minimum atomic E-state index is -5.08. The first kappa shape index (κ1) is 25.4. The second-order valence-electron chi connectivity index (χ2n) is 8.84. The summed E-state index contributed by atoms with van der Waals surface area (Å²) in [5.41, 5.74) is 3.25. The van der Waals surface area contributed by atoms with Crippen molar-refractivity contribution >= 4 is 27.1 Å². The Bertz CT molecular complexity index is 1320. The Labute approximate surface area is 204 Å². The van der Waals surface area contributed by atoms with E-state index in [0.717, 1.165) is 29.8 Å². The molecule has 2 unspecified atom stereocenters. The molecule has 12 heteroatoms. The third kappa shape index (κ3) is 5.14. The van der Waals surface area contributed by atoms with E-state index in [0.29, 0.717) is 17.5 Å². The Kier molecular flexibility index (Phi) is 6.82. The van der Waals surface area contributed by atoms with Gasteiger partial charge >= 0.3 is 12.1 Å². The smallest absolute Gasteiger partial charge is 0.475 e. The van der Waals surface area contributed by atoms with Crippen LogP contribution in [0.3, 0.4) is 0 Å². The number of fused-ring (bicyclic) bond motifs is 3. The van der Waals surface area contributed by atoms with Crippen LogP contribution in [-0.4, -0.2) is 58.7 Å². The maximum Gasteiger partial charge on any atom is 0.490 e. The SMILES string of the molecule is CC(C)n1cc(CN2CC3c4cc(-c5cccs5)ccc4S(=O)(=O)C3C2)cn1.O=C(O)C(F)(F)F. The molecule has 35 heavy (non-hydrogen) atoms. The molecule has 2 aliphatic rings. The number of nitrogens with zero attached hydrogens (tertiary/aromatic N) is 3. The Morgan fingerprint density at radius 2 is 1.97 bits per heavy atom. The zero-order valence-electron chi connectivity index (χ0n) is 18.9. The highest BCUT2D eigenvalue weighted by Crippen LogP contribution is 2.46. The summed E-state index contributed by atoms with van der Waals surface area (Å²) >= 11 is 1.68. The summed E-state index contributed by atoms with van der Waals surface area (Å²) < 4.78 is 59.9. The summed E-state index contributed by atoms with van der Waals surface area (Å²) in [4.78, 5) is 12.9. The molecule has 1 saturated heterocycles. The first-order chi connectivity index (χ1) is 16.4. The van der Waals surface area contributed by atoms with Gasteiger partial charge in [0.15, 0.2) is 9.84 Å². The number of carboxylic acids is 1. The van der Waals surface area contributed by atoms with E-state index in [9.17, 15) is 21.6 Å². The van der Waals surface area contributed by atoms with Crippen LogP contribution in [0.2, 0.25) is 0 Å². The average molecular weight is 528 g/mol. The minimum Gasteiger partial charge on any atom is -0.475 e. The van der Waals surface area contributed by atoms with E-state index in [2.05, 4.69) is 47.6 Å². The summed E-state index contributed by atoms with van der Waals surface area (Å²) in [6, 6.07) is 10.3. The molecule has 188 valence electrons. The number of rotatable bonds is 4. The lowest BCUT2D eigenvalue weighted by atomic mass is 9.96. The van der Waals surface area contributed by atoms with Crippen LogP contribution < -0.4 is 0 Å². The zero-order valence-corrected chi connectivity index (χ0v) is 20.6. The number of carbonyl (C=O) groups is 1. The summed E-state index contributed by atoms with van der Waals surface area (Å²) in [7, 11) is -3.26. The molecule has 1 N–H and O–H groups in total. The van der Waals surface area contributed by atoms with Crippen molar-refractivity contribution in [2.75, 3.05) is 13.1 Å². The largest absolute Gasteiger partial charge is 0.490 e. The van der Waals surface area contributed by atoms with E-state index in [4.69, 9.17) is 9.90 Å². The van der Waals surface area contributed by atoms with Gasteiger partial charge in [-0.2, -0.15) is 18.3 Å². The molecule has 0 amide bonds. The van der Waals surface area contributed by atoms with Crippen molar-refractivity contribution in [3.63, 3.8) is 0 Å². The number of aromatic nitrogens is 2. The number of sulfone groups is 1. The van der Waals surface area contributed by atoms with Crippen molar-refractivity contribution in [1.82, 2.24) is 14.7 Å². The molecule has 7 nitrogen and oxygen atoms in total. The number of alkyl halides is 3. The van der Waals surface area contributed by atoms with Crippen LogP contribution in [0.5, 0.6) is 0 Å². The van der Waals surface area contributed by atoms with Gasteiger partial charge in [0.2, 0.25) is 0 Å². The highest BCUT2D eigenvalue weighted by atomic mass is 32.2. The summed E-state index contributed by atoms with van der Waals surface area (Å²) in [5, 5.41) is 13.3. The van der Waals surface area contributed by atoms with Gasteiger partial charge in [-0.25, -0.2) is 13.2 Å². The lowest BCUT2D eigenvalue weighted by molar-refractivity contribution is -0.192. The number of carboxylic acid groups (broad SMARTS) is 1. The molecule has 0 saturated carbocycles. The van der Waals surface area contributed by atoms with Gasteiger partial charge in [0.1, 0.15) is 0 Å². The van der Waals surface area contributed by atoms with Gasteiger partial charge in [-0.3, -0.25) is 9.58 Å². The first-order valence-corrected chi connectivity index (χ1v) is 13.3. The van der Waals surface area contributed by atoms with Crippen molar-refractivity contribution in [2.24, 2.45) is 0 Å². The van der Waals surface area contributed by atoms with Gasteiger partial charge < -0.3 is 5.11 Å². The lowest BCUT2D eigenvalue weighted by Gasteiger charge is -2.16. The van der Waals surface area contributed by atoms with Gasteiger partial charge in [0, 0.05) is 48.2 Å². The maximum absolute atomic E-state index is 13.1. The van der Waals surface area contributed by atoms with Gasteiger partial charge in [-0.15, -0.1) is 11.3 Å². The van der Waals surface area contributed by atoms with Crippen molar-refractivity contribution in [1.29, 1.82) is 0 Å². The minimum absolute atomic E-state index is 0.0556. The molecule has 5 rings (SSSR count). The third-order valence-electron chi connectivity index (χ3n) is 6.09. The maximum atomic E-state index is 13.1. The van der Waals surface area contributed by atoms with Gasteiger partial charge in [0.05, 0.1) is 16.3 Å². The standard InChI is InChI=1S/C21H23N3O2S2.C2HF3O2/c1-14(2)24-11-15(9-22-24)10-23-12-18-17-8-16(19-4-3-7-27-19)5-6-20(17)28(25,26)21(18)13-23;3-2(4,5)1(6)7/h3-9,11,14,18,21H,10,12-13H2,1-2H3;(H,6,7). The molecule has 1 aromatic carbocycles. The first-order valence-electron chi connectivity index (χ1n) is 10.8. The van der Waals surface area contributed by atoms with Gasteiger partial charge in [-0.1, -0.05) is 12.1 Å². The van der Waals surface area contributed by atoms with Crippen molar-refractivity contribution in [3.8, 4) is 10.4 Å². The van der Waals surface area contributed by atoms with Crippen LogP contribution in [0.25, 0.3) is 10.4 Å². The lowest BCUT2D eigenvalue weighted by Crippen LogP contribution is -2.25. The number of hydrogen-bond donors (Lipinski definition) is 1. The molecule has 0 radical (unpaired) electrons. The quantitative estimate of drug-likeness (QED) is 0.534. The van der Waals surface area contributed by atoms with Crippen LogP contribution in [0.4, 0.5) is 13.2 Å². The number of aliphatic carboxylic acids is 1. The highest BCUT2D eigenvalue weighted by Gasteiger charge is 2.50. The van der Waals surface area contributed by atoms with Gasteiger partial charge in [-0.05, 0) is 48.6 Å². The Hall–Kier alpha value is -2.70. The fourth-order valence-electron chi connectivity index (χ4n) is 4.45. The predicted octanol–water partition coefficient (Wildman–Crippen LogP) is 4.58. The van der Waals surface area contributed by atoms with Crippen LogP contribution >= 0.6 is 11.3 Å². The topological polar surface area (TPSA) is 92.5 Å². The van der Waals surface area contributed by atoms with Crippen LogP contribution in [0.1, 0.15) is 36.9 Å². The zero-order chi connectivity index (χ0) is 25.5. The Morgan fingerprint density at radius 1 is 1.26 bits per heavy atom. The molecule has 0 spiro atoms. The van der Waals surface area contributed by atoms with E-state index >= 15 is 0 Å². The van der Waals surface area contributed by atoms with Gasteiger partial charge in [0.25, 0.3) is 0 Å². The molecule has 0 bridgehead atoms. The van der Waals surface area contributed by atoms with Crippen LogP contribution in [-0.2, 0) is 21.2 Å². The second-order valence-corrected chi connectivity index (χ2v) is 11.9. The van der Waals surface area contributed by atoms with E-state index < -0.39 is 22.0 Å². The number of benzene rings is 1. The second kappa shape index (κ2) is 9.40. The number of likely N-dealkylation sites (tertiary alicyclic amines) is 1. The monoisotopic (exact) mass is 527 g/mol. The number of thiophene rings is 1. The number of halogens is 3. The third-order valence-corrected chi connectivity index (χ3v) is 9.27. The van der Waals surface area contributed by atoms with E-state index in [-0.39, 0.29) is 11.2 Å². The molecule has 2 atom stereocenters. The van der Waals surface area contributed by atoms with E-state index in [1.807, 2.05) is 29.1 Å². The molecule has 0 aliphatic carbocycles. The van der Waals surface area contributed by atoms with Crippen molar-refractivity contribution < 1.29 is 31.5 Å². The van der Waals surface area contributed by atoms with Crippen molar-refractivity contribution in [3.05, 3.63) is 59.2 Å². The normalized spacial score (nSPS) is 20.9. The molecular weight excluding hydrogens is 503 g/mol. The molecule has 1 fully saturated rings. The molecule has 4 heterocycles. The summed E-state index contributed by atoms with van der Waals surface area (Å²) in [5.74, 6) is -2.70. The van der Waals surface area contributed by atoms with E-state index in [1.165, 1.54) is 4.88 Å². The predicted molar refractivity (Wildman–Crippen MR) is 125 cm³/mol. The van der Waals surface area contributed by atoms with Crippen LogP contribution in [0.15, 0.2) is 53.0 Å². The Balaban J connectivity index is 0.000000364. The molecule has 2 aliphatic heterocycles. The fourth-order valence-corrected chi connectivity index (χ4v) is 7.37. The highest BCUT2D eigenvalue weighted by molar-refractivity contribution is 7.92. The van der Waals surface area contributed by atoms with E-state index in [1.54, 1.807) is 11.3 Å². The molecule has 2 aromatic heterocycles.